The number of aliphatic imine (C=N–C) groups is 1. The summed E-state index contributed by atoms with van der Waals surface area (Å²) >= 11 is 1.42. The molecule has 2 amide bonds. The second-order valence-electron chi connectivity index (χ2n) is 3.66. The number of pyridine rings is 1. The minimum Gasteiger partial charge on any atom is -0.302 e. The lowest BCUT2D eigenvalue weighted by Crippen LogP contribution is -2.37. The molecule has 0 aromatic carbocycles. The molecule has 1 aromatic rings. The van der Waals surface area contributed by atoms with Crippen molar-refractivity contribution < 1.29 is 9.59 Å². The SMILES string of the molecule is Cc1ccnc(NC(=O)C(=O)NC2=NCCS2)c1. The topological polar surface area (TPSA) is 83.5 Å². The van der Waals surface area contributed by atoms with Gasteiger partial charge in [0.05, 0.1) is 6.54 Å². The monoisotopic (exact) mass is 264 g/mol. The quantitative estimate of drug-likeness (QED) is 0.725. The second kappa shape index (κ2) is 5.63. The van der Waals surface area contributed by atoms with Gasteiger partial charge in [-0.05, 0) is 24.6 Å². The first-order valence-electron chi connectivity index (χ1n) is 5.37. The van der Waals surface area contributed by atoms with Gasteiger partial charge in [0.1, 0.15) is 5.82 Å². The number of anilines is 1. The zero-order chi connectivity index (χ0) is 13.0. The normalized spacial score (nSPS) is 13.9. The molecule has 0 atom stereocenters. The molecule has 6 nitrogen and oxygen atoms in total. The molecule has 2 N–H and O–H groups in total. The average Bonchev–Trinajstić information content (AvgIpc) is 2.81. The molecule has 94 valence electrons. The highest BCUT2D eigenvalue weighted by Crippen LogP contribution is 2.09. The summed E-state index contributed by atoms with van der Waals surface area (Å²) in [6, 6.07) is 3.49. The number of nitrogens with zero attached hydrogens (tertiary/aromatic N) is 2. The maximum atomic E-state index is 11.6. The Bertz CT molecular complexity index is 516. The van der Waals surface area contributed by atoms with Gasteiger partial charge in [0.15, 0.2) is 5.17 Å². The van der Waals surface area contributed by atoms with Crippen molar-refractivity contribution in [2.75, 3.05) is 17.6 Å². The van der Waals surface area contributed by atoms with Gasteiger partial charge in [-0.2, -0.15) is 0 Å². The molecule has 1 aliphatic heterocycles. The Balaban J connectivity index is 1.93. The first kappa shape index (κ1) is 12.6. The lowest BCUT2D eigenvalue weighted by Gasteiger charge is -2.05. The Morgan fingerprint density at radius 3 is 2.78 bits per heavy atom. The highest BCUT2D eigenvalue weighted by Gasteiger charge is 2.18. The summed E-state index contributed by atoms with van der Waals surface area (Å²) in [5, 5.41) is 5.37. The van der Waals surface area contributed by atoms with Crippen molar-refractivity contribution in [3.8, 4) is 0 Å². The van der Waals surface area contributed by atoms with Crippen LogP contribution in [0.25, 0.3) is 0 Å². The molecule has 0 bridgehead atoms. The van der Waals surface area contributed by atoms with Crippen molar-refractivity contribution in [1.82, 2.24) is 10.3 Å². The van der Waals surface area contributed by atoms with E-state index < -0.39 is 11.8 Å². The first-order chi connectivity index (χ1) is 8.65. The number of hydrogen-bond donors (Lipinski definition) is 2. The summed E-state index contributed by atoms with van der Waals surface area (Å²) in [6.07, 6.45) is 1.57. The predicted molar refractivity (Wildman–Crippen MR) is 70.5 cm³/mol. The largest absolute Gasteiger partial charge is 0.315 e. The van der Waals surface area contributed by atoms with E-state index in [-0.39, 0.29) is 0 Å². The van der Waals surface area contributed by atoms with Gasteiger partial charge in [-0.1, -0.05) is 11.8 Å². The number of rotatable bonds is 1. The van der Waals surface area contributed by atoms with E-state index in [4.69, 9.17) is 0 Å². The van der Waals surface area contributed by atoms with Gasteiger partial charge in [0.2, 0.25) is 0 Å². The maximum absolute atomic E-state index is 11.6. The highest BCUT2D eigenvalue weighted by molar-refractivity contribution is 8.14. The first-order valence-corrected chi connectivity index (χ1v) is 6.36. The molecule has 18 heavy (non-hydrogen) atoms. The van der Waals surface area contributed by atoms with Crippen LogP contribution >= 0.6 is 11.8 Å². The molecule has 0 fully saturated rings. The molecule has 0 saturated heterocycles. The van der Waals surface area contributed by atoms with E-state index in [0.29, 0.717) is 17.5 Å². The Kier molecular flexibility index (Phi) is 3.93. The zero-order valence-corrected chi connectivity index (χ0v) is 10.6. The lowest BCUT2D eigenvalue weighted by molar-refractivity contribution is -0.135. The van der Waals surface area contributed by atoms with Gasteiger partial charge in [-0.3, -0.25) is 19.9 Å². The minimum atomic E-state index is -0.747. The predicted octanol–water partition coefficient (Wildman–Crippen LogP) is 0.548. The number of nitrogens with one attached hydrogen (secondary N) is 2. The third kappa shape index (κ3) is 3.30. The molecule has 0 saturated carbocycles. The van der Waals surface area contributed by atoms with Gasteiger partial charge in [0, 0.05) is 11.9 Å². The molecule has 0 spiro atoms. The minimum absolute atomic E-state index is 0.358. The van der Waals surface area contributed by atoms with Gasteiger partial charge in [-0.25, -0.2) is 4.98 Å². The number of amides is 2. The summed E-state index contributed by atoms with van der Waals surface area (Å²) in [7, 11) is 0. The van der Waals surface area contributed by atoms with E-state index in [0.717, 1.165) is 11.3 Å². The standard InChI is InChI=1S/C11H12N4O2S/c1-7-2-3-12-8(6-7)14-9(16)10(17)15-11-13-4-5-18-11/h2-3,6H,4-5H2,1H3,(H,12,14,16)(H,13,15,17). The van der Waals surface area contributed by atoms with Gasteiger partial charge < -0.3 is 5.32 Å². The van der Waals surface area contributed by atoms with Crippen LogP contribution in [0.4, 0.5) is 5.82 Å². The highest BCUT2D eigenvalue weighted by atomic mass is 32.2. The molecule has 0 unspecified atom stereocenters. The summed E-state index contributed by atoms with van der Waals surface area (Å²) < 4.78 is 0. The average molecular weight is 264 g/mol. The van der Waals surface area contributed by atoms with Crippen LogP contribution in [-0.2, 0) is 9.59 Å². The van der Waals surface area contributed by atoms with Crippen LogP contribution in [0.5, 0.6) is 0 Å². The number of aryl methyl sites for hydroxylation is 1. The van der Waals surface area contributed by atoms with Crippen molar-refractivity contribution >= 4 is 34.6 Å². The molecular weight excluding hydrogens is 252 g/mol. The number of carbonyl (C=O) groups excluding carboxylic acids is 2. The molecule has 1 aromatic heterocycles. The lowest BCUT2D eigenvalue weighted by atomic mass is 10.3. The van der Waals surface area contributed by atoms with Crippen LogP contribution in [0.3, 0.4) is 0 Å². The fourth-order valence-corrected chi connectivity index (χ4v) is 2.07. The summed E-state index contributed by atoms with van der Waals surface area (Å²) in [5.74, 6) is -0.289. The Morgan fingerprint density at radius 2 is 2.11 bits per heavy atom. The van der Waals surface area contributed by atoms with Crippen LogP contribution < -0.4 is 10.6 Å². The van der Waals surface area contributed by atoms with Crippen molar-refractivity contribution in [1.29, 1.82) is 0 Å². The summed E-state index contributed by atoms with van der Waals surface area (Å²) in [4.78, 5) is 31.1. The molecule has 7 heteroatoms. The number of thioether (sulfide) groups is 1. The second-order valence-corrected chi connectivity index (χ2v) is 4.75. The number of carbonyl (C=O) groups is 2. The van der Waals surface area contributed by atoms with Crippen LogP contribution in [-0.4, -0.2) is 34.3 Å². The number of hydrogen-bond acceptors (Lipinski definition) is 5. The van der Waals surface area contributed by atoms with Gasteiger partial charge in [0.25, 0.3) is 0 Å². The summed E-state index contributed by atoms with van der Waals surface area (Å²) in [6.45, 7) is 2.54. The van der Waals surface area contributed by atoms with Gasteiger partial charge >= 0.3 is 11.8 Å². The third-order valence-electron chi connectivity index (χ3n) is 2.17. The Labute approximate surface area is 108 Å². The Hall–Kier alpha value is -1.89. The van der Waals surface area contributed by atoms with Crippen molar-refractivity contribution in [2.45, 2.75) is 6.92 Å². The molecular formula is C11H12N4O2S. The van der Waals surface area contributed by atoms with Crippen molar-refractivity contribution in [3.05, 3.63) is 23.9 Å². The van der Waals surface area contributed by atoms with E-state index >= 15 is 0 Å². The Morgan fingerprint density at radius 1 is 1.33 bits per heavy atom. The van der Waals surface area contributed by atoms with E-state index in [9.17, 15) is 9.59 Å². The maximum Gasteiger partial charge on any atom is 0.315 e. The van der Waals surface area contributed by atoms with Crippen LogP contribution in [0.1, 0.15) is 5.56 Å². The van der Waals surface area contributed by atoms with E-state index in [1.54, 1.807) is 18.3 Å². The molecule has 1 aliphatic rings. The molecule has 2 heterocycles. The van der Waals surface area contributed by atoms with E-state index in [1.165, 1.54) is 11.8 Å². The zero-order valence-electron chi connectivity index (χ0n) is 9.77. The number of amidine groups is 1. The third-order valence-corrected chi connectivity index (χ3v) is 3.06. The number of aromatic nitrogens is 1. The van der Waals surface area contributed by atoms with Gasteiger partial charge in [-0.15, -0.1) is 0 Å². The smallest absolute Gasteiger partial charge is 0.302 e. The van der Waals surface area contributed by atoms with E-state index in [1.807, 2.05) is 6.92 Å². The van der Waals surface area contributed by atoms with Crippen LogP contribution in [0.15, 0.2) is 23.3 Å². The molecule has 2 rings (SSSR count). The van der Waals surface area contributed by atoms with Crippen LogP contribution in [0.2, 0.25) is 0 Å². The molecule has 0 aliphatic carbocycles. The molecule has 0 radical (unpaired) electrons. The van der Waals surface area contributed by atoms with E-state index in [2.05, 4.69) is 20.6 Å². The fraction of sp³-hybridized carbons (Fsp3) is 0.273. The van der Waals surface area contributed by atoms with Crippen LogP contribution in [0, 0.1) is 6.92 Å². The van der Waals surface area contributed by atoms with Crippen molar-refractivity contribution in [3.63, 3.8) is 0 Å². The van der Waals surface area contributed by atoms with Crippen molar-refractivity contribution in [2.24, 2.45) is 4.99 Å². The summed E-state index contributed by atoms with van der Waals surface area (Å²) in [5.41, 5.74) is 0.955. The fourth-order valence-electron chi connectivity index (χ4n) is 1.34.